The van der Waals surface area contributed by atoms with E-state index in [0.29, 0.717) is 17.6 Å². The highest BCUT2D eigenvalue weighted by atomic mass is 32.2. The van der Waals surface area contributed by atoms with Crippen LogP contribution in [0.25, 0.3) is 22.2 Å². The van der Waals surface area contributed by atoms with Crippen molar-refractivity contribution < 1.29 is 27.1 Å². The number of likely N-dealkylation sites (N-methyl/N-ethyl adjacent to an activating group) is 1. The average molecular weight is 623 g/mol. The van der Waals surface area contributed by atoms with Gasteiger partial charge in [0.05, 0.1) is 5.69 Å². The molecule has 230 valence electrons. The summed E-state index contributed by atoms with van der Waals surface area (Å²) in [5, 5.41) is 11.2. The zero-order chi connectivity index (χ0) is 31.7. The van der Waals surface area contributed by atoms with Gasteiger partial charge in [0.25, 0.3) is 16.5 Å². The molecule has 0 aliphatic carbocycles. The van der Waals surface area contributed by atoms with Crippen molar-refractivity contribution in [2.24, 2.45) is 0 Å². The zero-order valence-corrected chi connectivity index (χ0v) is 24.9. The zero-order valence-electron chi connectivity index (χ0n) is 24.1. The average Bonchev–Trinajstić information content (AvgIpc) is 3.41. The van der Waals surface area contributed by atoms with Crippen LogP contribution in [-0.2, 0) is 21.4 Å². The number of rotatable bonds is 11. The number of nitrogens with one attached hydrogen (secondary N) is 2. The van der Waals surface area contributed by atoms with Gasteiger partial charge < -0.3 is 19.9 Å². The van der Waals surface area contributed by atoms with Gasteiger partial charge in [-0.2, -0.15) is 0 Å². The minimum atomic E-state index is -4.23. The summed E-state index contributed by atoms with van der Waals surface area (Å²) < 4.78 is 56.8. The summed E-state index contributed by atoms with van der Waals surface area (Å²) in [5.41, 5.74) is 3.77. The van der Waals surface area contributed by atoms with E-state index in [4.69, 9.17) is 9.90 Å². The Labute approximate surface area is 254 Å². The van der Waals surface area contributed by atoms with Crippen molar-refractivity contribution in [1.82, 2.24) is 19.4 Å². The third-order valence-corrected chi connectivity index (χ3v) is 8.29. The Kier molecular flexibility index (Phi) is 10.6. The van der Waals surface area contributed by atoms with Crippen molar-refractivity contribution in [3.05, 3.63) is 97.0 Å². The van der Waals surface area contributed by atoms with Gasteiger partial charge in [-0.05, 0) is 67.7 Å². The van der Waals surface area contributed by atoms with Gasteiger partial charge in [-0.25, -0.2) is 27.2 Å². The lowest BCUT2D eigenvalue weighted by Crippen LogP contribution is -2.26. The predicted molar refractivity (Wildman–Crippen MR) is 166 cm³/mol. The van der Waals surface area contributed by atoms with Crippen molar-refractivity contribution in [2.45, 2.75) is 25.3 Å². The topological polar surface area (TPSA) is 129 Å². The van der Waals surface area contributed by atoms with Gasteiger partial charge in [0.1, 0.15) is 28.7 Å². The molecule has 0 bridgehead atoms. The van der Waals surface area contributed by atoms with E-state index in [1.54, 1.807) is 12.1 Å². The second-order valence-corrected chi connectivity index (χ2v) is 11.2. The summed E-state index contributed by atoms with van der Waals surface area (Å²) in [6, 6.07) is 18.9. The van der Waals surface area contributed by atoms with Gasteiger partial charge in [0, 0.05) is 59.3 Å². The van der Waals surface area contributed by atoms with E-state index in [2.05, 4.69) is 67.7 Å². The molecule has 2 aromatic heterocycles. The lowest BCUT2D eigenvalue weighted by atomic mass is 10.1. The van der Waals surface area contributed by atoms with Gasteiger partial charge in [-0.1, -0.05) is 19.9 Å². The first-order valence-electron chi connectivity index (χ1n) is 13.7. The molecule has 5 rings (SSSR count). The molecule has 44 heavy (non-hydrogen) atoms. The van der Waals surface area contributed by atoms with E-state index >= 15 is 0 Å². The molecule has 0 amide bonds. The maximum atomic E-state index is 14.0. The number of carboxylic acid groups (broad SMARTS) is 1. The molecule has 13 heteroatoms. The number of benzene rings is 3. The summed E-state index contributed by atoms with van der Waals surface area (Å²) in [5.74, 6) is -1.46. The molecule has 5 aromatic rings. The number of nitrogens with zero attached hydrogens (tertiary/aromatic N) is 4. The molecule has 3 N–H and O–H groups in total. The Bertz CT molecular complexity index is 1830. The van der Waals surface area contributed by atoms with E-state index in [0.717, 1.165) is 55.0 Å². The first-order valence-corrected chi connectivity index (χ1v) is 15.2. The predicted octanol–water partition coefficient (Wildman–Crippen LogP) is 5.96. The van der Waals surface area contributed by atoms with Crippen LogP contribution in [0.15, 0.2) is 90.2 Å². The lowest BCUT2D eigenvalue weighted by Gasteiger charge is -2.18. The minimum absolute atomic E-state index is 0.222. The van der Waals surface area contributed by atoms with Gasteiger partial charge in [-0.3, -0.25) is 9.52 Å². The van der Waals surface area contributed by atoms with Gasteiger partial charge in [-0.15, -0.1) is 0 Å². The summed E-state index contributed by atoms with van der Waals surface area (Å²) in [4.78, 5) is 18.9. The normalized spacial score (nSPS) is 11.2. The molecule has 2 heterocycles. The smallest absolute Gasteiger partial charge is 0.290 e. The number of fused-ring (bicyclic) bond motifs is 1. The largest absolute Gasteiger partial charge is 0.483 e. The molecule has 0 saturated heterocycles. The summed E-state index contributed by atoms with van der Waals surface area (Å²) in [6.07, 6.45) is 3.60. The van der Waals surface area contributed by atoms with Crippen molar-refractivity contribution >= 4 is 44.6 Å². The number of carbonyl (C=O) groups is 1. The molecule has 10 nitrogen and oxygen atoms in total. The number of hydrogen-bond acceptors (Lipinski definition) is 7. The fraction of sp³-hybridized carbons (Fsp3) is 0.194. The van der Waals surface area contributed by atoms with Crippen molar-refractivity contribution in [3.8, 4) is 11.3 Å². The van der Waals surface area contributed by atoms with Crippen LogP contribution < -0.4 is 10.0 Å². The maximum Gasteiger partial charge on any atom is 0.290 e. The molecule has 0 spiro atoms. The fourth-order valence-electron chi connectivity index (χ4n) is 4.60. The Balaban J connectivity index is 0.00000141. The molecular formula is C31H32F2N6O4S. The second kappa shape index (κ2) is 14.5. The van der Waals surface area contributed by atoms with Crippen LogP contribution in [0.4, 0.5) is 26.0 Å². The summed E-state index contributed by atoms with van der Waals surface area (Å²) in [7, 11) is -4.23. The second-order valence-electron chi connectivity index (χ2n) is 9.59. The molecule has 0 aliphatic rings. The lowest BCUT2D eigenvalue weighted by molar-refractivity contribution is -0.122. The third-order valence-electron chi connectivity index (χ3n) is 6.88. The monoisotopic (exact) mass is 622 g/mol. The Hall–Kier alpha value is -4.88. The highest BCUT2D eigenvalue weighted by Crippen LogP contribution is 2.27. The van der Waals surface area contributed by atoms with Crippen molar-refractivity contribution in [3.63, 3.8) is 0 Å². The first kappa shape index (κ1) is 32.0. The van der Waals surface area contributed by atoms with Gasteiger partial charge in [0.15, 0.2) is 0 Å². The molecule has 3 aromatic carbocycles. The first-order chi connectivity index (χ1) is 21.2. The van der Waals surface area contributed by atoms with Crippen LogP contribution >= 0.6 is 0 Å². The standard InChI is InChI=1S/C30H30F2N6O2S.CH2O2/c1-3-37(4-2)15-16-38-14-13-22-17-21(5-11-28(22)38)27-19-30(34-20-33-27)35-24-7-9-25(10-8-24)36-41(39,40)29-12-6-23(31)18-26(29)32;2-1-3/h5-14,17-20,36H,3-4,15-16H2,1-2H3,(H,33,34,35);1H,(H,2,3). The van der Waals surface area contributed by atoms with Crippen LogP contribution in [0, 0.1) is 11.6 Å². The fourth-order valence-corrected chi connectivity index (χ4v) is 5.72. The van der Waals surface area contributed by atoms with E-state index in [-0.39, 0.29) is 12.2 Å². The van der Waals surface area contributed by atoms with Crippen LogP contribution in [0.5, 0.6) is 0 Å². The van der Waals surface area contributed by atoms with Crippen LogP contribution in [-0.4, -0.2) is 59.1 Å². The molecule has 0 saturated carbocycles. The van der Waals surface area contributed by atoms with Gasteiger partial charge >= 0.3 is 0 Å². The SMILES string of the molecule is CCN(CC)CCn1ccc2cc(-c3cc(Nc4ccc(NS(=O)(=O)c5ccc(F)cc5F)cc4)ncn3)ccc21.O=CO. The number of aromatic nitrogens is 3. The number of sulfonamides is 1. The maximum absolute atomic E-state index is 14.0. The number of halogens is 2. The van der Waals surface area contributed by atoms with Gasteiger partial charge in [0.2, 0.25) is 0 Å². The highest BCUT2D eigenvalue weighted by molar-refractivity contribution is 7.92. The quantitative estimate of drug-likeness (QED) is 0.154. The van der Waals surface area contributed by atoms with Crippen LogP contribution in [0.3, 0.4) is 0 Å². The van der Waals surface area contributed by atoms with E-state index in [9.17, 15) is 17.2 Å². The van der Waals surface area contributed by atoms with Crippen molar-refractivity contribution in [2.75, 3.05) is 29.7 Å². The Morgan fingerprint density at radius 3 is 2.32 bits per heavy atom. The highest BCUT2D eigenvalue weighted by Gasteiger charge is 2.19. The van der Waals surface area contributed by atoms with E-state index < -0.39 is 26.6 Å². The van der Waals surface area contributed by atoms with Crippen LogP contribution in [0.1, 0.15) is 13.8 Å². The Morgan fingerprint density at radius 1 is 0.932 bits per heavy atom. The minimum Gasteiger partial charge on any atom is -0.483 e. The molecule has 0 unspecified atom stereocenters. The van der Waals surface area contributed by atoms with Crippen molar-refractivity contribution in [1.29, 1.82) is 0 Å². The number of anilines is 3. The molecule has 0 aliphatic heterocycles. The summed E-state index contributed by atoms with van der Waals surface area (Å²) in [6.45, 7) is 8.09. The molecule has 0 atom stereocenters. The molecule has 0 radical (unpaired) electrons. The summed E-state index contributed by atoms with van der Waals surface area (Å²) >= 11 is 0. The van der Waals surface area contributed by atoms with E-state index in [1.165, 1.54) is 24.0 Å². The molecule has 0 fully saturated rings. The van der Waals surface area contributed by atoms with E-state index in [1.807, 2.05) is 12.1 Å². The third kappa shape index (κ3) is 7.94. The molecular weight excluding hydrogens is 590 g/mol. The Morgan fingerprint density at radius 2 is 1.64 bits per heavy atom. The van der Waals surface area contributed by atoms with Crippen LogP contribution in [0.2, 0.25) is 0 Å². The number of hydrogen-bond donors (Lipinski definition) is 3.